The molecule has 18 heavy (non-hydrogen) atoms. The second-order valence-corrected chi connectivity index (χ2v) is 6.75. The molecule has 0 atom stereocenters. The average Bonchev–Trinajstić information content (AvgIpc) is 2.95. The van der Waals surface area contributed by atoms with Gasteiger partial charge in [-0.05, 0) is 30.1 Å². The average molecular weight is 255 g/mol. The maximum Gasteiger partial charge on any atom is 0.139 e. The Morgan fingerprint density at radius 1 is 1.22 bits per heavy atom. The van der Waals surface area contributed by atoms with Crippen LogP contribution < -0.4 is 5.73 Å². The van der Waals surface area contributed by atoms with Crippen LogP contribution in [0.15, 0.2) is 5.16 Å². The molecule has 1 rings (SSSR count). The van der Waals surface area contributed by atoms with E-state index >= 15 is 0 Å². The van der Waals surface area contributed by atoms with Crippen LogP contribution >= 0.6 is 0 Å². The highest BCUT2D eigenvalue weighted by Gasteiger charge is 2.44. The van der Waals surface area contributed by atoms with Crippen molar-refractivity contribution in [2.45, 2.75) is 47.0 Å². The Morgan fingerprint density at radius 3 is 2.06 bits per heavy atom. The van der Waals surface area contributed by atoms with Gasteiger partial charge in [0.1, 0.15) is 5.84 Å². The van der Waals surface area contributed by atoms with Crippen molar-refractivity contribution >= 4 is 5.84 Å². The van der Waals surface area contributed by atoms with Crippen LogP contribution in [0.5, 0.6) is 0 Å². The first kappa shape index (κ1) is 15.3. The van der Waals surface area contributed by atoms with Crippen LogP contribution in [-0.4, -0.2) is 35.6 Å². The molecule has 0 radical (unpaired) electrons. The minimum absolute atomic E-state index is 0.278. The molecule has 0 unspecified atom stereocenters. The second kappa shape index (κ2) is 6.41. The first-order chi connectivity index (χ1) is 8.37. The van der Waals surface area contributed by atoms with Gasteiger partial charge in [0, 0.05) is 26.1 Å². The minimum atomic E-state index is 0.278. The summed E-state index contributed by atoms with van der Waals surface area (Å²) in [6, 6.07) is 0. The van der Waals surface area contributed by atoms with E-state index in [9.17, 15) is 0 Å². The van der Waals surface area contributed by atoms with E-state index < -0.39 is 0 Å². The molecule has 4 heteroatoms. The van der Waals surface area contributed by atoms with E-state index in [1.54, 1.807) is 0 Å². The third kappa shape index (κ3) is 5.25. The largest absolute Gasteiger partial charge is 0.409 e. The van der Waals surface area contributed by atoms with Crippen molar-refractivity contribution in [1.82, 2.24) is 4.90 Å². The van der Waals surface area contributed by atoms with Crippen molar-refractivity contribution in [2.75, 3.05) is 19.6 Å². The van der Waals surface area contributed by atoms with Crippen molar-refractivity contribution < 1.29 is 5.21 Å². The van der Waals surface area contributed by atoms with E-state index in [0.29, 0.717) is 17.7 Å². The van der Waals surface area contributed by atoms with Gasteiger partial charge in [0.25, 0.3) is 0 Å². The Kier molecular flexibility index (Phi) is 5.45. The van der Waals surface area contributed by atoms with E-state index in [4.69, 9.17) is 10.9 Å². The van der Waals surface area contributed by atoms with E-state index in [-0.39, 0.29) is 5.41 Å². The molecule has 1 aliphatic carbocycles. The summed E-state index contributed by atoms with van der Waals surface area (Å²) in [5.74, 6) is 1.74. The summed E-state index contributed by atoms with van der Waals surface area (Å²) < 4.78 is 0. The highest BCUT2D eigenvalue weighted by molar-refractivity contribution is 5.80. The lowest BCUT2D eigenvalue weighted by Crippen LogP contribution is -2.37. The van der Waals surface area contributed by atoms with Gasteiger partial charge in [-0.15, -0.1) is 0 Å². The van der Waals surface area contributed by atoms with Crippen LogP contribution in [0.4, 0.5) is 0 Å². The van der Waals surface area contributed by atoms with Crippen LogP contribution in [0.25, 0.3) is 0 Å². The monoisotopic (exact) mass is 255 g/mol. The van der Waals surface area contributed by atoms with Crippen LogP contribution in [0, 0.1) is 17.3 Å². The van der Waals surface area contributed by atoms with E-state index in [1.165, 1.54) is 12.8 Å². The Balaban J connectivity index is 2.54. The third-order valence-corrected chi connectivity index (χ3v) is 3.45. The summed E-state index contributed by atoms with van der Waals surface area (Å²) in [6.45, 7) is 12.4. The summed E-state index contributed by atoms with van der Waals surface area (Å²) >= 11 is 0. The van der Waals surface area contributed by atoms with Crippen molar-refractivity contribution in [3.63, 3.8) is 0 Å². The quantitative estimate of drug-likeness (QED) is 0.303. The van der Waals surface area contributed by atoms with Gasteiger partial charge in [-0.1, -0.05) is 32.9 Å². The molecule has 4 nitrogen and oxygen atoms in total. The number of hydrogen-bond donors (Lipinski definition) is 2. The Bertz CT molecular complexity index is 273. The lowest BCUT2D eigenvalue weighted by atomic mass is 9.99. The van der Waals surface area contributed by atoms with Crippen LogP contribution in [0.3, 0.4) is 0 Å². The van der Waals surface area contributed by atoms with Crippen LogP contribution in [0.1, 0.15) is 47.0 Å². The van der Waals surface area contributed by atoms with Crippen LogP contribution in [-0.2, 0) is 0 Å². The molecule has 0 aromatic heterocycles. The molecule has 0 aromatic carbocycles. The zero-order chi connectivity index (χ0) is 13.8. The van der Waals surface area contributed by atoms with Crippen molar-refractivity contribution in [2.24, 2.45) is 28.1 Å². The van der Waals surface area contributed by atoms with Crippen LogP contribution in [0.2, 0.25) is 0 Å². The molecular formula is C14H29N3O. The summed E-state index contributed by atoms with van der Waals surface area (Å²) in [7, 11) is 0. The molecule has 0 aliphatic heterocycles. The summed E-state index contributed by atoms with van der Waals surface area (Å²) in [4.78, 5) is 2.55. The first-order valence-electron chi connectivity index (χ1n) is 7.05. The summed E-state index contributed by atoms with van der Waals surface area (Å²) in [5.41, 5.74) is 5.94. The molecule has 0 amide bonds. The highest BCUT2D eigenvalue weighted by atomic mass is 16.4. The fourth-order valence-corrected chi connectivity index (χ4v) is 2.70. The standard InChI is InChI=1S/C14H29N3O/c1-11(2)8-17(9-12(3)4)10-14(5-6-14)7-13(15)16-18/h11-12,18H,5-10H2,1-4H3,(H2,15,16). The molecule has 106 valence electrons. The van der Waals surface area contributed by atoms with Crippen molar-refractivity contribution in [1.29, 1.82) is 0 Å². The normalized spacial score (nSPS) is 18.9. The van der Waals surface area contributed by atoms with Gasteiger partial charge in [-0.25, -0.2) is 0 Å². The van der Waals surface area contributed by atoms with Gasteiger partial charge in [0.05, 0.1) is 0 Å². The Hall–Kier alpha value is -0.770. The molecule has 1 fully saturated rings. The Labute approximate surface area is 111 Å². The van der Waals surface area contributed by atoms with Gasteiger partial charge in [0.15, 0.2) is 0 Å². The van der Waals surface area contributed by atoms with Crippen molar-refractivity contribution in [3.05, 3.63) is 0 Å². The molecule has 0 spiro atoms. The lowest BCUT2D eigenvalue weighted by molar-refractivity contribution is 0.180. The number of oxime groups is 1. The second-order valence-electron chi connectivity index (χ2n) is 6.75. The van der Waals surface area contributed by atoms with E-state index in [2.05, 4.69) is 37.8 Å². The molecule has 3 N–H and O–H groups in total. The van der Waals surface area contributed by atoms with Gasteiger partial charge in [-0.3, -0.25) is 0 Å². The van der Waals surface area contributed by atoms with E-state index in [0.717, 1.165) is 26.1 Å². The maximum absolute atomic E-state index is 8.70. The number of hydrogen-bond acceptors (Lipinski definition) is 3. The fourth-order valence-electron chi connectivity index (χ4n) is 2.70. The molecule has 1 aliphatic rings. The molecule has 0 heterocycles. The SMILES string of the molecule is CC(C)CN(CC(C)C)CC1(CC(N)=NO)CC1. The molecule has 0 saturated heterocycles. The fraction of sp³-hybridized carbons (Fsp3) is 0.929. The Morgan fingerprint density at radius 2 is 1.72 bits per heavy atom. The number of amidine groups is 1. The number of nitrogens with two attached hydrogens (primary N) is 1. The molecule has 0 bridgehead atoms. The number of rotatable bonds is 8. The topological polar surface area (TPSA) is 61.8 Å². The zero-order valence-corrected chi connectivity index (χ0v) is 12.3. The van der Waals surface area contributed by atoms with Gasteiger partial charge >= 0.3 is 0 Å². The van der Waals surface area contributed by atoms with Gasteiger partial charge in [-0.2, -0.15) is 0 Å². The third-order valence-electron chi connectivity index (χ3n) is 3.45. The summed E-state index contributed by atoms with van der Waals surface area (Å²) in [6.07, 6.45) is 3.14. The maximum atomic E-state index is 8.70. The van der Waals surface area contributed by atoms with Crippen molar-refractivity contribution in [3.8, 4) is 0 Å². The first-order valence-corrected chi connectivity index (χ1v) is 7.05. The summed E-state index contributed by atoms with van der Waals surface area (Å²) in [5, 5.41) is 11.8. The molecule has 1 saturated carbocycles. The predicted molar refractivity (Wildman–Crippen MR) is 75.8 cm³/mol. The van der Waals surface area contributed by atoms with Gasteiger partial charge in [0.2, 0.25) is 0 Å². The number of nitrogens with zero attached hydrogens (tertiary/aromatic N) is 2. The molecule has 0 aromatic rings. The highest BCUT2D eigenvalue weighted by Crippen LogP contribution is 2.49. The van der Waals surface area contributed by atoms with E-state index in [1.807, 2.05) is 0 Å². The van der Waals surface area contributed by atoms with Gasteiger partial charge < -0.3 is 15.8 Å². The lowest BCUT2D eigenvalue weighted by Gasteiger charge is -2.30. The zero-order valence-electron chi connectivity index (χ0n) is 12.3. The minimum Gasteiger partial charge on any atom is -0.409 e. The predicted octanol–water partition coefficient (Wildman–Crippen LogP) is 2.52. The smallest absolute Gasteiger partial charge is 0.139 e. The molecular weight excluding hydrogens is 226 g/mol.